The van der Waals surface area contributed by atoms with E-state index in [4.69, 9.17) is 0 Å². The minimum Gasteiger partial charge on any atom is -0.351 e. The molecule has 2 heterocycles. The Morgan fingerprint density at radius 1 is 1.30 bits per heavy atom. The predicted molar refractivity (Wildman–Crippen MR) is 91.5 cm³/mol. The van der Waals surface area contributed by atoms with Crippen LogP contribution in [0.4, 0.5) is 0 Å². The summed E-state index contributed by atoms with van der Waals surface area (Å²) in [4.78, 5) is 21.1. The molecular weight excluding hydrogens is 310 g/mol. The molecule has 0 bridgehead atoms. The van der Waals surface area contributed by atoms with E-state index in [1.807, 2.05) is 52.0 Å². The number of aromatic nitrogens is 4. The van der Waals surface area contributed by atoms with Crippen molar-refractivity contribution < 1.29 is 4.79 Å². The summed E-state index contributed by atoms with van der Waals surface area (Å²) in [6.07, 6.45) is 1.65. The Hall–Kier alpha value is -2.15. The van der Waals surface area contributed by atoms with Crippen molar-refractivity contribution in [1.82, 2.24) is 24.9 Å². The molecule has 0 radical (unpaired) electrons. The minimum atomic E-state index is -0.272. The molecule has 120 valence electrons. The number of carbonyl (C=O) groups is 1. The fourth-order valence-electron chi connectivity index (χ4n) is 2.19. The number of rotatable bonds is 3. The van der Waals surface area contributed by atoms with Crippen molar-refractivity contribution in [2.45, 2.75) is 43.6 Å². The van der Waals surface area contributed by atoms with Gasteiger partial charge in [-0.1, -0.05) is 23.9 Å². The van der Waals surface area contributed by atoms with E-state index in [0.717, 1.165) is 16.6 Å². The molecule has 3 aromatic rings. The number of para-hydroxylation sites is 1. The summed E-state index contributed by atoms with van der Waals surface area (Å²) >= 11 is 1.34. The molecule has 0 aliphatic heterocycles. The van der Waals surface area contributed by atoms with Crippen LogP contribution in [0.3, 0.4) is 0 Å². The van der Waals surface area contributed by atoms with Gasteiger partial charge >= 0.3 is 0 Å². The molecule has 0 aliphatic carbocycles. The lowest BCUT2D eigenvalue weighted by Gasteiger charge is -2.22. The van der Waals surface area contributed by atoms with Crippen molar-refractivity contribution in [2.75, 3.05) is 0 Å². The summed E-state index contributed by atoms with van der Waals surface area (Å²) in [6, 6.07) is 7.80. The van der Waals surface area contributed by atoms with Crippen molar-refractivity contribution in [2.24, 2.45) is 0 Å². The number of nitrogens with zero attached hydrogens (tertiary/aromatic N) is 4. The second kappa shape index (κ2) is 5.81. The third kappa shape index (κ3) is 3.44. The Morgan fingerprint density at radius 3 is 2.78 bits per heavy atom. The molecule has 0 unspecified atom stereocenters. The van der Waals surface area contributed by atoms with Crippen molar-refractivity contribution in [3.8, 4) is 0 Å². The van der Waals surface area contributed by atoms with Gasteiger partial charge in [0.1, 0.15) is 6.33 Å². The summed E-state index contributed by atoms with van der Waals surface area (Å²) in [5.74, 6) is -0.0238. The van der Waals surface area contributed by atoms with Gasteiger partial charge < -0.3 is 5.32 Å². The average Bonchev–Trinajstić information content (AvgIpc) is 2.88. The van der Waals surface area contributed by atoms with Crippen LogP contribution in [-0.2, 0) is 4.79 Å². The average molecular weight is 329 g/mol. The number of fused-ring (bicyclic) bond motifs is 3. The molecule has 1 amide bonds. The van der Waals surface area contributed by atoms with Crippen LogP contribution in [0.5, 0.6) is 0 Å². The SMILES string of the molecule is C[C@@H](Sc1nc2c3ccccc3ncn2n1)C(=O)NC(C)(C)C. The molecule has 1 aromatic carbocycles. The van der Waals surface area contributed by atoms with Crippen LogP contribution in [0.2, 0.25) is 0 Å². The van der Waals surface area contributed by atoms with Crippen molar-refractivity contribution in [1.29, 1.82) is 0 Å². The van der Waals surface area contributed by atoms with E-state index in [1.54, 1.807) is 10.8 Å². The van der Waals surface area contributed by atoms with E-state index < -0.39 is 0 Å². The van der Waals surface area contributed by atoms with E-state index in [9.17, 15) is 4.79 Å². The van der Waals surface area contributed by atoms with Crippen molar-refractivity contribution >= 4 is 34.2 Å². The Morgan fingerprint density at radius 2 is 2.04 bits per heavy atom. The van der Waals surface area contributed by atoms with Crippen LogP contribution in [0.1, 0.15) is 27.7 Å². The highest BCUT2D eigenvalue weighted by molar-refractivity contribution is 8.00. The topological polar surface area (TPSA) is 72.2 Å². The number of hydrogen-bond acceptors (Lipinski definition) is 5. The van der Waals surface area contributed by atoms with Gasteiger partial charge in [-0.2, -0.15) is 0 Å². The van der Waals surface area contributed by atoms with Gasteiger partial charge in [0.2, 0.25) is 11.1 Å². The summed E-state index contributed by atoms with van der Waals surface area (Å²) in [5, 5.41) is 8.62. The molecule has 3 rings (SSSR count). The molecule has 1 atom stereocenters. The third-order valence-corrected chi connectivity index (χ3v) is 4.16. The standard InChI is InChI=1S/C16H19N5OS/c1-10(14(22)19-16(2,3)4)23-15-18-13-11-7-5-6-8-12(11)17-9-21(13)20-15/h5-10H,1-4H3,(H,19,22)/t10-/m1/s1. The smallest absolute Gasteiger partial charge is 0.233 e. The molecule has 0 spiro atoms. The number of nitrogens with one attached hydrogen (secondary N) is 1. The Labute approximate surface area is 138 Å². The normalized spacial score (nSPS) is 13.4. The highest BCUT2D eigenvalue weighted by Crippen LogP contribution is 2.23. The van der Waals surface area contributed by atoms with Crippen LogP contribution >= 0.6 is 11.8 Å². The summed E-state index contributed by atoms with van der Waals surface area (Å²) in [6.45, 7) is 7.74. The number of benzene rings is 1. The third-order valence-electron chi connectivity index (χ3n) is 3.21. The van der Waals surface area contributed by atoms with Gasteiger partial charge in [0, 0.05) is 10.9 Å². The molecule has 23 heavy (non-hydrogen) atoms. The first-order chi connectivity index (χ1) is 10.8. The quantitative estimate of drug-likeness (QED) is 0.748. The largest absolute Gasteiger partial charge is 0.351 e. The van der Waals surface area contributed by atoms with Crippen molar-refractivity contribution in [3.63, 3.8) is 0 Å². The van der Waals surface area contributed by atoms with Crippen LogP contribution < -0.4 is 5.32 Å². The number of amides is 1. The zero-order valence-corrected chi connectivity index (χ0v) is 14.4. The monoisotopic (exact) mass is 329 g/mol. The first-order valence-electron chi connectivity index (χ1n) is 7.42. The summed E-state index contributed by atoms with van der Waals surface area (Å²) in [7, 11) is 0. The lowest BCUT2D eigenvalue weighted by atomic mass is 10.1. The number of carbonyl (C=O) groups excluding carboxylic acids is 1. The molecule has 0 saturated heterocycles. The van der Waals surface area contributed by atoms with E-state index in [2.05, 4.69) is 20.4 Å². The van der Waals surface area contributed by atoms with Gasteiger partial charge in [0.05, 0.1) is 10.8 Å². The molecule has 2 aromatic heterocycles. The fraction of sp³-hybridized carbons (Fsp3) is 0.375. The second-order valence-electron chi connectivity index (χ2n) is 6.42. The second-order valence-corrected chi connectivity index (χ2v) is 7.73. The lowest BCUT2D eigenvalue weighted by Crippen LogP contribution is -2.44. The van der Waals surface area contributed by atoms with E-state index in [0.29, 0.717) is 5.16 Å². The van der Waals surface area contributed by atoms with Crippen LogP contribution in [-0.4, -0.2) is 36.3 Å². The van der Waals surface area contributed by atoms with Crippen LogP contribution in [0, 0.1) is 0 Å². The maximum atomic E-state index is 12.2. The van der Waals surface area contributed by atoms with Crippen LogP contribution in [0.25, 0.3) is 16.6 Å². The maximum Gasteiger partial charge on any atom is 0.233 e. The molecule has 6 nitrogen and oxygen atoms in total. The first kappa shape index (κ1) is 15.7. The van der Waals surface area contributed by atoms with Crippen LogP contribution in [0.15, 0.2) is 35.7 Å². The van der Waals surface area contributed by atoms with Crippen molar-refractivity contribution in [3.05, 3.63) is 30.6 Å². The predicted octanol–water partition coefficient (Wildman–Crippen LogP) is 2.67. The molecule has 0 aliphatic rings. The number of hydrogen-bond donors (Lipinski definition) is 1. The van der Waals surface area contributed by atoms with E-state index in [1.165, 1.54) is 11.8 Å². The minimum absolute atomic E-state index is 0.0238. The lowest BCUT2D eigenvalue weighted by molar-refractivity contribution is -0.121. The summed E-state index contributed by atoms with van der Waals surface area (Å²) < 4.78 is 1.65. The molecule has 0 fully saturated rings. The highest BCUT2D eigenvalue weighted by Gasteiger charge is 2.22. The highest BCUT2D eigenvalue weighted by atomic mass is 32.2. The van der Waals surface area contributed by atoms with Gasteiger partial charge in [-0.25, -0.2) is 14.5 Å². The maximum absolute atomic E-state index is 12.2. The molecule has 1 N–H and O–H groups in total. The van der Waals surface area contributed by atoms with Gasteiger partial charge in [-0.05, 0) is 39.8 Å². The fourth-order valence-corrected chi connectivity index (χ4v) is 2.95. The Bertz CT molecular complexity index is 868. The summed E-state index contributed by atoms with van der Waals surface area (Å²) in [5.41, 5.74) is 1.38. The zero-order valence-electron chi connectivity index (χ0n) is 13.6. The molecular formula is C16H19N5OS. The van der Waals surface area contributed by atoms with Gasteiger partial charge in [-0.3, -0.25) is 4.79 Å². The van der Waals surface area contributed by atoms with Gasteiger partial charge in [0.25, 0.3) is 0 Å². The van der Waals surface area contributed by atoms with Gasteiger partial charge in [0.15, 0.2) is 5.65 Å². The van der Waals surface area contributed by atoms with E-state index >= 15 is 0 Å². The van der Waals surface area contributed by atoms with E-state index in [-0.39, 0.29) is 16.7 Å². The number of thioether (sulfide) groups is 1. The van der Waals surface area contributed by atoms with Gasteiger partial charge in [-0.15, -0.1) is 5.10 Å². The zero-order chi connectivity index (χ0) is 16.6. The first-order valence-corrected chi connectivity index (χ1v) is 8.30. The molecule has 7 heteroatoms. The molecule has 0 saturated carbocycles. The Balaban J connectivity index is 1.86. The Kier molecular flexibility index (Phi) is 3.97.